The van der Waals surface area contributed by atoms with Crippen molar-refractivity contribution in [2.75, 3.05) is 11.5 Å². The largest absolute Gasteiger partial charge is 0.375 e. The van der Waals surface area contributed by atoms with Gasteiger partial charge >= 0.3 is 0 Å². The van der Waals surface area contributed by atoms with Crippen LogP contribution in [0.1, 0.15) is 12.0 Å². The summed E-state index contributed by atoms with van der Waals surface area (Å²) in [7, 11) is 0. The van der Waals surface area contributed by atoms with Crippen molar-refractivity contribution in [1.29, 1.82) is 0 Å². The molecule has 0 aliphatic carbocycles. The Morgan fingerprint density at radius 3 is 3.13 bits per heavy atom. The molecule has 0 unspecified atom stereocenters. The molecule has 1 aromatic heterocycles. The molecule has 2 nitrogen and oxygen atoms in total. The lowest BCUT2D eigenvalue weighted by molar-refractivity contribution is 1.31. The standard InChI is InChI=1S/C11H10N2S2/c12-11-13-9-5-4-8(3-1-2-6-14)7-10(9)15-11/h4-5,7,14H,2,6H2,(H2,12,13). The Bertz CT molecular complexity index is 534. The molecule has 0 saturated heterocycles. The smallest absolute Gasteiger partial charge is 0.181 e. The van der Waals surface area contributed by atoms with Gasteiger partial charge in [0.15, 0.2) is 5.13 Å². The quantitative estimate of drug-likeness (QED) is 0.588. The Balaban J connectivity index is 2.35. The van der Waals surface area contributed by atoms with Gasteiger partial charge in [-0.25, -0.2) is 4.98 Å². The maximum atomic E-state index is 5.62. The van der Waals surface area contributed by atoms with Crippen LogP contribution in [0, 0.1) is 11.8 Å². The van der Waals surface area contributed by atoms with Gasteiger partial charge in [0.1, 0.15) is 0 Å². The van der Waals surface area contributed by atoms with E-state index in [2.05, 4.69) is 29.5 Å². The summed E-state index contributed by atoms with van der Waals surface area (Å²) >= 11 is 5.59. The van der Waals surface area contributed by atoms with E-state index in [9.17, 15) is 0 Å². The Morgan fingerprint density at radius 2 is 2.33 bits per heavy atom. The normalized spacial score (nSPS) is 9.93. The lowest BCUT2D eigenvalue weighted by Crippen LogP contribution is -1.79. The number of thiazole rings is 1. The summed E-state index contributed by atoms with van der Waals surface area (Å²) in [6.07, 6.45) is 0.811. The zero-order valence-corrected chi connectivity index (χ0v) is 9.74. The molecule has 0 atom stereocenters. The monoisotopic (exact) mass is 234 g/mol. The number of hydrogen-bond acceptors (Lipinski definition) is 4. The molecule has 0 aliphatic heterocycles. The van der Waals surface area contributed by atoms with Crippen LogP contribution >= 0.6 is 24.0 Å². The summed E-state index contributed by atoms with van der Waals surface area (Å²) in [5.74, 6) is 6.93. The van der Waals surface area contributed by atoms with E-state index in [0.717, 1.165) is 28.0 Å². The third kappa shape index (κ3) is 2.44. The Kier molecular flexibility index (Phi) is 3.14. The van der Waals surface area contributed by atoms with Gasteiger partial charge in [-0.3, -0.25) is 0 Å². The third-order valence-corrected chi connectivity index (χ3v) is 2.95. The molecule has 0 spiro atoms. The Labute approximate surface area is 97.9 Å². The van der Waals surface area contributed by atoms with E-state index in [1.54, 1.807) is 0 Å². The summed E-state index contributed by atoms with van der Waals surface area (Å²) in [6.45, 7) is 0. The molecule has 4 heteroatoms. The summed E-state index contributed by atoms with van der Waals surface area (Å²) in [5, 5.41) is 0.602. The molecule has 76 valence electrons. The van der Waals surface area contributed by atoms with Gasteiger partial charge in [0, 0.05) is 17.7 Å². The summed E-state index contributed by atoms with van der Waals surface area (Å²) in [5.41, 5.74) is 7.57. The van der Waals surface area contributed by atoms with Gasteiger partial charge in [-0.1, -0.05) is 23.2 Å². The first-order chi connectivity index (χ1) is 7.29. The SMILES string of the molecule is Nc1nc2ccc(C#CCCS)cc2s1. The highest BCUT2D eigenvalue weighted by atomic mass is 32.1. The van der Waals surface area contributed by atoms with Gasteiger partial charge in [0.2, 0.25) is 0 Å². The second kappa shape index (κ2) is 4.56. The van der Waals surface area contributed by atoms with Gasteiger partial charge in [0.25, 0.3) is 0 Å². The van der Waals surface area contributed by atoms with Crippen molar-refractivity contribution in [3.05, 3.63) is 23.8 Å². The molecule has 0 bridgehead atoms. The molecule has 2 rings (SSSR count). The van der Waals surface area contributed by atoms with Gasteiger partial charge in [0.05, 0.1) is 10.2 Å². The number of thiol groups is 1. The molecule has 2 N–H and O–H groups in total. The Morgan fingerprint density at radius 1 is 1.47 bits per heavy atom. The molecule has 0 fully saturated rings. The zero-order chi connectivity index (χ0) is 10.7. The second-order valence-electron chi connectivity index (χ2n) is 3.01. The maximum Gasteiger partial charge on any atom is 0.181 e. The van der Waals surface area contributed by atoms with Crippen LogP contribution in [0.15, 0.2) is 18.2 Å². The van der Waals surface area contributed by atoms with Crippen LogP contribution in [0.25, 0.3) is 10.2 Å². The number of anilines is 1. The van der Waals surface area contributed by atoms with Gasteiger partial charge < -0.3 is 5.73 Å². The number of nitrogens with zero attached hydrogens (tertiary/aromatic N) is 1. The molecule has 1 aromatic carbocycles. The third-order valence-electron chi connectivity index (χ3n) is 1.87. The first kappa shape index (κ1) is 10.3. The minimum absolute atomic E-state index is 0.602. The molecule has 2 aromatic rings. The predicted octanol–water partition coefficient (Wildman–Crippen LogP) is 2.55. The zero-order valence-electron chi connectivity index (χ0n) is 8.03. The van der Waals surface area contributed by atoms with Crippen molar-refractivity contribution in [1.82, 2.24) is 4.98 Å². The highest BCUT2D eigenvalue weighted by molar-refractivity contribution is 7.80. The van der Waals surface area contributed by atoms with E-state index in [4.69, 9.17) is 5.73 Å². The van der Waals surface area contributed by atoms with Crippen LogP contribution < -0.4 is 5.73 Å². The average Bonchev–Trinajstić information content (AvgIpc) is 2.57. The molecule has 0 saturated carbocycles. The van der Waals surface area contributed by atoms with Gasteiger partial charge in [-0.05, 0) is 18.2 Å². The highest BCUT2D eigenvalue weighted by Gasteiger charge is 2.00. The van der Waals surface area contributed by atoms with Crippen molar-refractivity contribution in [2.45, 2.75) is 6.42 Å². The Hall–Kier alpha value is -1.18. The average molecular weight is 234 g/mol. The van der Waals surface area contributed by atoms with Crippen molar-refractivity contribution >= 4 is 39.3 Å². The number of benzene rings is 1. The first-order valence-electron chi connectivity index (χ1n) is 4.55. The topological polar surface area (TPSA) is 38.9 Å². The molecule has 0 amide bonds. The van der Waals surface area contributed by atoms with Crippen LogP contribution in [-0.2, 0) is 0 Å². The summed E-state index contributed by atoms with van der Waals surface area (Å²) in [4.78, 5) is 4.19. The molecule has 1 heterocycles. The minimum Gasteiger partial charge on any atom is -0.375 e. The molecule has 0 aliphatic rings. The fourth-order valence-corrected chi connectivity index (χ4v) is 2.13. The van der Waals surface area contributed by atoms with Crippen LogP contribution in [-0.4, -0.2) is 10.7 Å². The second-order valence-corrected chi connectivity index (χ2v) is 4.52. The number of rotatable bonds is 1. The van der Waals surface area contributed by atoms with Crippen molar-refractivity contribution in [3.8, 4) is 11.8 Å². The minimum atomic E-state index is 0.602. The van der Waals surface area contributed by atoms with E-state index >= 15 is 0 Å². The summed E-state index contributed by atoms with van der Waals surface area (Å²) in [6, 6.07) is 5.94. The van der Waals surface area contributed by atoms with E-state index < -0.39 is 0 Å². The lowest BCUT2D eigenvalue weighted by atomic mass is 10.2. The number of nitrogens with two attached hydrogens (primary N) is 1. The van der Waals surface area contributed by atoms with Crippen molar-refractivity contribution in [2.24, 2.45) is 0 Å². The molecule has 0 radical (unpaired) electrons. The van der Waals surface area contributed by atoms with Gasteiger partial charge in [-0.15, -0.1) is 0 Å². The number of aromatic nitrogens is 1. The van der Waals surface area contributed by atoms with Crippen molar-refractivity contribution in [3.63, 3.8) is 0 Å². The first-order valence-corrected chi connectivity index (χ1v) is 6.00. The fourth-order valence-electron chi connectivity index (χ4n) is 1.24. The van der Waals surface area contributed by atoms with Crippen LogP contribution in [0.4, 0.5) is 5.13 Å². The number of fused-ring (bicyclic) bond motifs is 1. The van der Waals surface area contributed by atoms with Crippen LogP contribution in [0.2, 0.25) is 0 Å². The number of hydrogen-bond donors (Lipinski definition) is 2. The van der Waals surface area contributed by atoms with Crippen molar-refractivity contribution < 1.29 is 0 Å². The molecular formula is C11H10N2S2. The maximum absolute atomic E-state index is 5.62. The molecule has 15 heavy (non-hydrogen) atoms. The lowest BCUT2D eigenvalue weighted by Gasteiger charge is -1.89. The van der Waals surface area contributed by atoms with E-state index in [0.29, 0.717) is 5.13 Å². The van der Waals surface area contributed by atoms with E-state index in [1.807, 2.05) is 18.2 Å². The van der Waals surface area contributed by atoms with E-state index in [-0.39, 0.29) is 0 Å². The predicted molar refractivity (Wildman–Crippen MR) is 69.4 cm³/mol. The van der Waals surface area contributed by atoms with Crippen LogP contribution in [0.3, 0.4) is 0 Å². The van der Waals surface area contributed by atoms with Gasteiger partial charge in [-0.2, -0.15) is 12.6 Å². The fraction of sp³-hybridized carbons (Fsp3) is 0.182. The van der Waals surface area contributed by atoms with Crippen LogP contribution in [0.5, 0.6) is 0 Å². The molecular weight excluding hydrogens is 224 g/mol. The highest BCUT2D eigenvalue weighted by Crippen LogP contribution is 2.24. The van der Waals surface area contributed by atoms with E-state index in [1.165, 1.54) is 11.3 Å². The number of nitrogen functional groups attached to an aromatic ring is 1. The summed E-state index contributed by atoms with van der Waals surface area (Å²) < 4.78 is 1.09.